The molecule has 0 aliphatic heterocycles. The van der Waals surface area contributed by atoms with Crippen molar-refractivity contribution in [2.45, 2.75) is 65.7 Å². The second-order valence-electron chi connectivity index (χ2n) is 6.88. The van der Waals surface area contributed by atoms with Crippen LogP contribution in [0.3, 0.4) is 0 Å². The molecule has 0 aromatic heterocycles. The van der Waals surface area contributed by atoms with Crippen LogP contribution in [0.2, 0.25) is 0 Å². The lowest BCUT2D eigenvalue weighted by Gasteiger charge is -2.27. The van der Waals surface area contributed by atoms with Gasteiger partial charge in [0.05, 0.1) is 0 Å². The molecule has 1 aromatic carbocycles. The van der Waals surface area contributed by atoms with E-state index in [1.165, 1.54) is 11.1 Å². The molecule has 1 rings (SSSR count). The van der Waals surface area contributed by atoms with E-state index in [1.54, 1.807) is 0 Å². The number of phenols is 1. The molecule has 0 spiro atoms. The molecule has 17 heavy (non-hydrogen) atoms. The molecule has 1 heteroatoms. The summed E-state index contributed by atoms with van der Waals surface area (Å²) in [6, 6.07) is 4.13. The van der Waals surface area contributed by atoms with Gasteiger partial charge in [-0.1, -0.05) is 54.5 Å². The summed E-state index contributed by atoms with van der Waals surface area (Å²) in [5.74, 6) is 0.430. The van der Waals surface area contributed by atoms with Gasteiger partial charge < -0.3 is 5.11 Å². The third-order valence-corrected chi connectivity index (χ3v) is 3.22. The minimum atomic E-state index is -0.00951. The summed E-state index contributed by atoms with van der Waals surface area (Å²) in [6.45, 7) is 15.2. The van der Waals surface area contributed by atoms with E-state index in [0.29, 0.717) is 5.75 Å². The Balaban J connectivity index is 3.46. The van der Waals surface area contributed by atoms with Crippen LogP contribution in [0.1, 0.15) is 65.2 Å². The summed E-state index contributed by atoms with van der Waals surface area (Å²) < 4.78 is 0. The van der Waals surface area contributed by atoms with Crippen molar-refractivity contribution in [3.63, 3.8) is 0 Å². The molecule has 0 atom stereocenters. The predicted molar refractivity (Wildman–Crippen MR) is 74.9 cm³/mol. The molecule has 96 valence electrons. The fourth-order valence-electron chi connectivity index (χ4n) is 2.22. The highest BCUT2D eigenvalue weighted by Gasteiger charge is 2.24. The first-order valence-corrected chi connectivity index (χ1v) is 6.44. The standard InChI is InChI=1S/C16H26O/c1-8-11-9-13(16(5,6)7)14(17)10-12(11)15(2,3)4/h9-10,17H,8H2,1-7H3. The molecule has 0 bridgehead atoms. The Morgan fingerprint density at radius 1 is 0.882 bits per heavy atom. The van der Waals surface area contributed by atoms with Crippen molar-refractivity contribution < 1.29 is 5.11 Å². The van der Waals surface area contributed by atoms with Crippen LogP contribution in [-0.4, -0.2) is 5.11 Å². The summed E-state index contributed by atoms with van der Waals surface area (Å²) in [5, 5.41) is 10.2. The number of rotatable bonds is 1. The third-order valence-electron chi connectivity index (χ3n) is 3.22. The van der Waals surface area contributed by atoms with Crippen molar-refractivity contribution in [1.29, 1.82) is 0 Å². The van der Waals surface area contributed by atoms with E-state index in [-0.39, 0.29) is 10.8 Å². The van der Waals surface area contributed by atoms with E-state index in [1.807, 2.05) is 6.07 Å². The van der Waals surface area contributed by atoms with Gasteiger partial charge in [-0.15, -0.1) is 0 Å². The Morgan fingerprint density at radius 3 is 1.71 bits per heavy atom. The summed E-state index contributed by atoms with van der Waals surface area (Å²) in [6.07, 6.45) is 1.01. The number of aromatic hydroxyl groups is 1. The Kier molecular flexibility index (Phi) is 3.61. The van der Waals surface area contributed by atoms with Gasteiger partial charge in [0.25, 0.3) is 0 Å². The zero-order valence-corrected chi connectivity index (χ0v) is 12.3. The maximum absolute atomic E-state index is 10.2. The molecule has 0 aliphatic rings. The fourth-order valence-corrected chi connectivity index (χ4v) is 2.22. The number of benzene rings is 1. The van der Waals surface area contributed by atoms with Crippen LogP contribution < -0.4 is 0 Å². The Morgan fingerprint density at radius 2 is 1.35 bits per heavy atom. The lowest BCUT2D eigenvalue weighted by molar-refractivity contribution is 0.442. The van der Waals surface area contributed by atoms with Crippen molar-refractivity contribution in [2.75, 3.05) is 0 Å². The molecule has 0 unspecified atom stereocenters. The van der Waals surface area contributed by atoms with Crippen molar-refractivity contribution >= 4 is 0 Å². The largest absolute Gasteiger partial charge is 0.508 e. The highest BCUT2D eigenvalue weighted by Crippen LogP contribution is 2.37. The van der Waals surface area contributed by atoms with Crippen LogP contribution in [0, 0.1) is 0 Å². The zero-order valence-electron chi connectivity index (χ0n) is 12.3. The third kappa shape index (κ3) is 3.02. The average Bonchev–Trinajstić information content (AvgIpc) is 2.14. The molecular weight excluding hydrogens is 208 g/mol. The summed E-state index contributed by atoms with van der Waals surface area (Å²) in [4.78, 5) is 0. The number of phenolic OH excluding ortho intramolecular Hbond substituents is 1. The Hall–Kier alpha value is -0.980. The van der Waals surface area contributed by atoms with E-state index in [9.17, 15) is 5.11 Å². The van der Waals surface area contributed by atoms with Gasteiger partial charge in [0.1, 0.15) is 5.75 Å². The van der Waals surface area contributed by atoms with Crippen LogP contribution in [0.4, 0.5) is 0 Å². The number of hydrogen-bond acceptors (Lipinski definition) is 1. The summed E-state index contributed by atoms with van der Waals surface area (Å²) in [7, 11) is 0. The highest BCUT2D eigenvalue weighted by atomic mass is 16.3. The normalized spacial score (nSPS) is 12.9. The number of hydrogen-bond donors (Lipinski definition) is 1. The minimum absolute atomic E-state index is 0.00951. The van der Waals surface area contributed by atoms with Gasteiger partial charge in [-0.3, -0.25) is 0 Å². The average molecular weight is 234 g/mol. The molecule has 1 N–H and O–H groups in total. The van der Waals surface area contributed by atoms with Gasteiger partial charge in [-0.05, 0) is 40.0 Å². The van der Waals surface area contributed by atoms with Crippen molar-refractivity contribution in [3.8, 4) is 5.75 Å². The van der Waals surface area contributed by atoms with Crippen LogP contribution >= 0.6 is 0 Å². The molecule has 0 aliphatic carbocycles. The fraction of sp³-hybridized carbons (Fsp3) is 0.625. The maximum Gasteiger partial charge on any atom is 0.119 e. The zero-order chi connectivity index (χ0) is 13.4. The quantitative estimate of drug-likeness (QED) is 0.756. The molecule has 0 saturated carbocycles. The van der Waals surface area contributed by atoms with Crippen LogP contribution in [0.5, 0.6) is 5.75 Å². The van der Waals surface area contributed by atoms with Gasteiger partial charge in [-0.25, -0.2) is 0 Å². The number of aryl methyl sites for hydroxylation is 1. The SMILES string of the molecule is CCc1cc(C(C)(C)C)c(O)cc1C(C)(C)C. The molecule has 0 radical (unpaired) electrons. The highest BCUT2D eigenvalue weighted by molar-refractivity contribution is 5.47. The smallest absolute Gasteiger partial charge is 0.119 e. The second kappa shape index (κ2) is 4.36. The van der Waals surface area contributed by atoms with E-state index >= 15 is 0 Å². The van der Waals surface area contributed by atoms with Crippen LogP contribution in [0.25, 0.3) is 0 Å². The van der Waals surface area contributed by atoms with Crippen molar-refractivity contribution in [2.24, 2.45) is 0 Å². The van der Waals surface area contributed by atoms with E-state index < -0.39 is 0 Å². The van der Waals surface area contributed by atoms with Crippen molar-refractivity contribution in [3.05, 3.63) is 28.8 Å². The first kappa shape index (κ1) is 14.1. The van der Waals surface area contributed by atoms with Crippen LogP contribution in [0.15, 0.2) is 12.1 Å². The van der Waals surface area contributed by atoms with E-state index in [4.69, 9.17) is 0 Å². The lowest BCUT2D eigenvalue weighted by atomic mass is 9.78. The lowest BCUT2D eigenvalue weighted by Crippen LogP contribution is -2.17. The molecule has 0 heterocycles. The molecule has 0 fully saturated rings. The summed E-state index contributed by atoms with van der Waals surface area (Å²) >= 11 is 0. The van der Waals surface area contributed by atoms with Gasteiger partial charge in [-0.2, -0.15) is 0 Å². The van der Waals surface area contributed by atoms with Gasteiger partial charge in [0, 0.05) is 0 Å². The first-order valence-electron chi connectivity index (χ1n) is 6.44. The molecule has 1 nitrogen and oxygen atoms in total. The van der Waals surface area contributed by atoms with E-state index in [0.717, 1.165) is 12.0 Å². The molecule has 0 amide bonds. The van der Waals surface area contributed by atoms with Gasteiger partial charge in [0.15, 0.2) is 0 Å². The molecular formula is C16H26O. The Bertz CT molecular complexity index is 403. The first-order chi connectivity index (χ1) is 7.57. The Labute approximate surface area is 106 Å². The second-order valence-corrected chi connectivity index (χ2v) is 6.88. The topological polar surface area (TPSA) is 20.2 Å². The predicted octanol–water partition coefficient (Wildman–Crippen LogP) is 4.55. The van der Waals surface area contributed by atoms with Gasteiger partial charge >= 0.3 is 0 Å². The summed E-state index contributed by atoms with van der Waals surface area (Å²) in [5.41, 5.74) is 3.72. The molecule has 0 saturated heterocycles. The van der Waals surface area contributed by atoms with Crippen molar-refractivity contribution in [1.82, 2.24) is 0 Å². The molecule has 1 aromatic rings. The van der Waals surface area contributed by atoms with Crippen LogP contribution in [-0.2, 0) is 17.3 Å². The minimum Gasteiger partial charge on any atom is -0.508 e. The maximum atomic E-state index is 10.2. The van der Waals surface area contributed by atoms with Gasteiger partial charge in [0.2, 0.25) is 0 Å². The van der Waals surface area contributed by atoms with E-state index in [2.05, 4.69) is 54.5 Å². The monoisotopic (exact) mass is 234 g/mol.